The molecule has 3 N–H and O–H groups in total. The molecule has 0 unspecified atom stereocenters. The van der Waals surface area contributed by atoms with Crippen LogP contribution in [0.1, 0.15) is 15.2 Å². The van der Waals surface area contributed by atoms with Gasteiger partial charge in [0.25, 0.3) is 0 Å². The molecule has 0 aliphatic rings. The molecule has 0 spiro atoms. The molecule has 0 saturated heterocycles. The third kappa shape index (κ3) is 4.48. The quantitative estimate of drug-likeness (QED) is 0.326. The SMILES string of the molecule is COc1ccc(S(=O)(=O)c2c(Nc3cccc(OC)c3)sc(C(=O)c3ccccc3)c2N)cc1. The average Bonchev–Trinajstić information content (AvgIpc) is 3.20. The number of ether oxygens (including phenoxy) is 2. The van der Waals surface area contributed by atoms with Gasteiger partial charge in [-0.3, -0.25) is 4.79 Å². The van der Waals surface area contributed by atoms with Crippen LogP contribution in [0.3, 0.4) is 0 Å². The fourth-order valence-electron chi connectivity index (χ4n) is 3.37. The van der Waals surface area contributed by atoms with E-state index in [2.05, 4.69) is 5.32 Å². The molecule has 0 bridgehead atoms. The topological polar surface area (TPSA) is 108 Å². The van der Waals surface area contributed by atoms with E-state index in [-0.39, 0.29) is 31.1 Å². The van der Waals surface area contributed by atoms with Gasteiger partial charge in [0, 0.05) is 17.3 Å². The summed E-state index contributed by atoms with van der Waals surface area (Å²) in [4.78, 5) is 13.2. The van der Waals surface area contributed by atoms with Crippen molar-refractivity contribution in [3.63, 3.8) is 0 Å². The summed E-state index contributed by atoms with van der Waals surface area (Å²) in [7, 11) is -1.03. The van der Waals surface area contributed by atoms with Gasteiger partial charge in [0.15, 0.2) is 0 Å². The lowest BCUT2D eigenvalue weighted by atomic mass is 10.1. The first-order valence-electron chi connectivity index (χ1n) is 10.2. The van der Waals surface area contributed by atoms with Crippen LogP contribution < -0.4 is 20.5 Å². The van der Waals surface area contributed by atoms with Crippen molar-refractivity contribution in [1.29, 1.82) is 0 Å². The normalized spacial score (nSPS) is 11.1. The van der Waals surface area contributed by atoms with E-state index in [4.69, 9.17) is 15.2 Å². The van der Waals surface area contributed by atoms with Gasteiger partial charge >= 0.3 is 0 Å². The summed E-state index contributed by atoms with van der Waals surface area (Å²) in [6.07, 6.45) is 0. The Kier molecular flexibility index (Phi) is 6.58. The average molecular weight is 495 g/mol. The molecule has 0 amide bonds. The van der Waals surface area contributed by atoms with Crippen molar-refractivity contribution in [3.05, 3.63) is 89.3 Å². The van der Waals surface area contributed by atoms with Gasteiger partial charge < -0.3 is 20.5 Å². The van der Waals surface area contributed by atoms with E-state index in [0.29, 0.717) is 22.7 Å². The molecule has 0 fully saturated rings. The van der Waals surface area contributed by atoms with Crippen LogP contribution in [0, 0.1) is 0 Å². The molecule has 34 heavy (non-hydrogen) atoms. The molecule has 1 aromatic heterocycles. The number of rotatable bonds is 8. The summed E-state index contributed by atoms with van der Waals surface area (Å²) in [5.41, 5.74) is 7.26. The van der Waals surface area contributed by atoms with E-state index in [9.17, 15) is 13.2 Å². The number of sulfone groups is 1. The van der Waals surface area contributed by atoms with Crippen LogP contribution in [0.2, 0.25) is 0 Å². The molecule has 0 aliphatic carbocycles. The van der Waals surface area contributed by atoms with Gasteiger partial charge in [-0.15, -0.1) is 11.3 Å². The zero-order valence-electron chi connectivity index (χ0n) is 18.4. The molecule has 1 heterocycles. The third-order valence-electron chi connectivity index (χ3n) is 5.11. The van der Waals surface area contributed by atoms with Crippen LogP contribution in [0.5, 0.6) is 11.5 Å². The Morgan fingerprint density at radius 3 is 2.21 bits per heavy atom. The fourth-order valence-corrected chi connectivity index (χ4v) is 6.31. The zero-order chi connectivity index (χ0) is 24.3. The van der Waals surface area contributed by atoms with E-state index in [1.807, 2.05) is 0 Å². The number of nitrogens with one attached hydrogen (secondary N) is 1. The van der Waals surface area contributed by atoms with E-state index in [0.717, 1.165) is 11.3 Å². The minimum Gasteiger partial charge on any atom is -0.497 e. The van der Waals surface area contributed by atoms with Gasteiger partial charge in [-0.05, 0) is 36.4 Å². The fraction of sp³-hybridized carbons (Fsp3) is 0.0800. The number of thiophene rings is 1. The van der Waals surface area contributed by atoms with Crippen LogP contribution in [0.4, 0.5) is 16.4 Å². The molecule has 0 atom stereocenters. The van der Waals surface area contributed by atoms with Crippen LogP contribution in [-0.4, -0.2) is 28.4 Å². The highest BCUT2D eigenvalue weighted by Crippen LogP contribution is 2.44. The van der Waals surface area contributed by atoms with Gasteiger partial charge in [-0.1, -0.05) is 36.4 Å². The lowest BCUT2D eigenvalue weighted by Crippen LogP contribution is -2.08. The zero-order valence-corrected chi connectivity index (χ0v) is 20.1. The van der Waals surface area contributed by atoms with Crippen molar-refractivity contribution in [2.24, 2.45) is 0 Å². The Morgan fingerprint density at radius 1 is 0.882 bits per heavy atom. The maximum atomic E-state index is 13.7. The number of ketones is 1. The Balaban J connectivity index is 1.87. The second-order valence-corrected chi connectivity index (χ2v) is 10.1. The Hall–Kier alpha value is -3.82. The number of nitrogens with two attached hydrogens (primary N) is 1. The first-order chi connectivity index (χ1) is 16.3. The first kappa shape index (κ1) is 23.3. The molecule has 4 aromatic rings. The molecule has 9 heteroatoms. The maximum Gasteiger partial charge on any atom is 0.211 e. The van der Waals surface area contributed by atoms with E-state index in [1.54, 1.807) is 73.8 Å². The van der Waals surface area contributed by atoms with Crippen molar-refractivity contribution >= 4 is 43.3 Å². The van der Waals surface area contributed by atoms with Gasteiger partial charge in [0.05, 0.1) is 24.8 Å². The number of anilines is 3. The number of hydrogen-bond acceptors (Lipinski definition) is 8. The first-order valence-corrected chi connectivity index (χ1v) is 12.5. The number of carbonyl (C=O) groups excluding carboxylic acids is 1. The highest BCUT2D eigenvalue weighted by molar-refractivity contribution is 7.92. The molecule has 4 rings (SSSR count). The molecule has 174 valence electrons. The number of nitrogen functional groups attached to an aromatic ring is 1. The third-order valence-corrected chi connectivity index (χ3v) is 8.21. The molecule has 0 saturated carbocycles. The van der Waals surface area contributed by atoms with Crippen LogP contribution in [0.15, 0.2) is 88.7 Å². The molecule has 7 nitrogen and oxygen atoms in total. The second kappa shape index (κ2) is 9.58. The van der Waals surface area contributed by atoms with Crippen molar-refractivity contribution in [2.45, 2.75) is 9.79 Å². The Morgan fingerprint density at radius 2 is 1.56 bits per heavy atom. The number of methoxy groups -OCH3 is 2. The molecule has 0 aliphatic heterocycles. The van der Waals surface area contributed by atoms with Crippen LogP contribution in [-0.2, 0) is 9.84 Å². The minimum absolute atomic E-state index is 0.0326. The summed E-state index contributed by atoms with van der Waals surface area (Å²) in [6, 6.07) is 21.6. The predicted molar refractivity (Wildman–Crippen MR) is 133 cm³/mol. The molecular formula is C25H22N2O5S2. The summed E-state index contributed by atoms with van der Waals surface area (Å²) < 4.78 is 37.7. The van der Waals surface area contributed by atoms with Gasteiger partial charge in [0.2, 0.25) is 15.6 Å². The highest BCUT2D eigenvalue weighted by Gasteiger charge is 2.31. The summed E-state index contributed by atoms with van der Waals surface area (Å²) in [6.45, 7) is 0. The van der Waals surface area contributed by atoms with Crippen molar-refractivity contribution in [1.82, 2.24) is 0 Å². The minimum atomic E-state index is -4.07. The summed E-state index contributed by atoms with van der Waals surface area (Å²) >= 11 is 0.996. The van der Waals surface area contributed by atoms with Crippen LogP contribution >= 0.6 is 11.3 Å². The van der Waals surface area contributed by atoms with Crippen molar-refractivity contribution < 1.29 is 22.7 Å². The molecular weight excluding hydrogens is 472 g/mol. The van der Waals surface area contributed by atoms with Gasteiger partial charge in [0.1, 0.15) is 26.3 Å². The second-order valence-electron chi connectivity index (χ2n) is 7.23. The standard InChI is InChI=1S/C25H22N2O5S2/c1-31-18-11-13-20(14-12-18)34(29,30)24-21(26)23(22(28)16-7-4-3-5-8-16)33-25(24)27-17-9-6-10-19(15-17)32-2/h3-15,27H,26H2,1-2H3. The van der Waals surface area contributed by atoms with E-state index < -0.39 is 9.84 Å². The van der Waals surface area contributed by atoms with Gasteiger partial charge in [-0.2, -0.15) is 0 Å². The molecule has 0 radical (unpaired) electrons. The lowest BCUT2D eigenvalue weighted by Gasteiger charge is -2.11. The predicted octanol–water partition coefficient (Wildman–Crippen LogP) is 5.15. The summed E-state index contributed by atoms with van der Waals surface area (Å²) in [5, 5.41) is 3.35. The largest absolute Gasteiger partial charge is 0.497 e. The van der Waals surface area contributed by atoms with E-state index in [1.165, 1.54) is 19.2 Å². The number of carbonyl (C=O) groups is 1. The molecule has 3 aromatic carbocycles. The highest BCUT2D eigenvalue weighted by atomic mass is 32.2. The monoisotopic (exact) mass is 494 g/mol. The maximum absolute atomic E-state index is 13.7. The lowest BCUT2D eigenvalue weighted by molar-refractivity contribution is 0.104. The number of benzene rings is 3. The van der Waals surface area contributed by atoms with Gasteiger partial charge in [-0.25, -0.2) is 8.42 Å². The Labute approximate surface area is 201 Å². The number of hydrogen-bond donors (Lipinski definition) is 2. The summed E-state index contributed by atoms with van der Waals surface area (Å²) in [5.74, 6) is 0.759. The van der Waals surface area contributed by atoms with Crippen molar-refractivity contribution in [2.75, 3.05) is 25.3 Å². The Bertz CT molecular complexity index is 1430. The van der Waals surface area contributed by atoms with Crippen LogP contribution in [0.25, 0.3) is 0 Å². The smallest absolute Gasteiger partial charge is 0.211 e. The van der Waals surface area contributed by atoms with E-state index >= 15 is 0 Å². The van der Waals surface area contributed by atoms with Crippen molar-refractivity contribution in [3.8, 4) is 11.5 Å².